The number of hydrogen-bond acceptors (Lipinski definition) is 3. The number of amides is 1. The summed E-state index contributed by atoms with van der Waals surface area (Å²) >= 11 is 0. The molecule has 0 radical (unpaired) electrons. The van der Waals surface area contributed by atoms with Gasteiger partial charge in [0.15, 0.2) is 0 Å². The van der Waals surface area contributed by atoms with Crippen LogP contribution in [0.3, 0.4) is 0 Å². The van der Waals surface area contributed by atoms with Gasteiger partial charge >= 0.3 is 0 Å². The van der Waals surface area contributed by atoms with Gasteiger partial charge in [-0.1, -0.05) is 12.1 Å². The third kappa shape index (κ3) is 3.75. The smallest absolute Gasteiger partial charge is 0.221 e. The highest BCUT2D eigenvalue weighted by atomic mass is 16.1. The Kier molecular flexibility index (Phi) is 3.98. The first-order valence-electron chi connectivity index (χ1n) is 6.08. The van der Waals surface area contributed by atoms with E-state index in [0.29, 0.717) is 12.5 Å². The highest BCUT2D eigenvalue weighted by molar-refractivity contribution is 5.76. The first-order chi connectivity index (χ1) is 8.24. The summed E-state index contributed by atoms with van der Waals surface area (Å²) in [6.07, 6.45) is 2.73. The molecule has 92 valence electrons. The molecule has 1 atom stereocenters. The van der Waals surface area contributed by atoms with Crippen LogP contribution < -0.4 is 16.4 Å². The maximum Gasteiger partial charge on any atom is 0.221 e. The minimum Gasteiger partial charge on any atom is -0.381 e. The van der Waals surface area contributed by atoms with Gasteiger partial charge in [-0.25, -0.2) is 0 Å². The second-order valence-electron chi connectivity index (χ2n) is 4.53. The Morgan fingerprint density at radius 1 is 1.41 bits per heavy atom. The number of anilines is 1. The molecule has 1 aliphatic rings. The van der Waals surface area contributed by atoms with Crippen molar-refractivity contribution in [3.63, 3.8) is 0 Å². The topological polar surface area (TPSA) is 67.2 Å². The van der Waals surface area contributed by atoms with Crippen molar-refractivity contribution in [2.45, 2.75) is 25.3 Å². The Labute approximate surface area is 102 Å². The van der Waals surface area contributed by atoms with Crippen LogP contribution in [0.15, 0.2) is 24.3 Å². The van der Waals surface area contributed by atoms with Crippen LogP contribution in [-0.4, -0.2) is 25.0 Å². The van der Waals surface area contributed by atoms with E-state index in [2.05, 4.69) is 10.6 Å². The van der Waals surface area contributed by atoms with Gasteiger partial charge in [-0.05, 0) is 37.1 Å². The van der Waals surface area contributed by atoms with Crippen LogP contribution in [0.5, 0.6) is 0 Å². The standard InChI is InChI=1S/C13H19N3O/c14-13(17)8-10-3-5-11(6-4-10)16-12-2-1-7-15-9-12/h3-6,12,15-16H,1-2,7-9H2,(H2,14,17). The molecular weight excluding hydrogens is 214 g/mol. The van der Waals surface area contributed by atoms with Crippen LogP contribution in [-0.2, 0) is 11.2 Å². The van der Waals surface area contributed by atoms with E-state index in [9.17, 15) is 4.79 Å². The fraction of sp³-hybridized carbons (Fsp3) is 0.462. The Balaban J connectivity index is 1.90. The minimum absolute atomic E-state index is 0.290. The van der Waals surface area contributed by atoms with Crippen LogP contribution in [0.4, 0.5) is 5.69 Å². The van der Waals surface area contributed by atoms with E-state index in [0.717, 1.165) is 24.3 Å². The minimum atomic E-state index is -0.290. The summed E-state index contributed by atoms with van der Waals surface area (Å²) in [6, 6.07) is 8.41. The van der Waals surface area contributed by atoms with Gasteiger partial charge in [0, 0.05) is 18.3 Å². The van der Waals surface area contributed by atoms with Crippen molar-refractivity contribution in [2.24, 2.45) is 5.73 Å². The molecule has 1 fully saturated rings. The molecule has 0 bridgehead atoms. The summed E-state index contributed by atoms with van der Waals surface area (Å²) < 4.78 is 0. The van der Waals surface area contributed by atoms with E-state index in [1.807, 2.05) is 24.3 Å². The molecule has 1 aromatic carbocycles. The Hall–Kier alpha value is -1.55. The number of carbonyl (C=O) groups is 1. The quantitative estimate of drug-likeness (QED) is 0.723. The number of benzene rings is 1. The maximum atomic E-state index is 10.8. The predicted octanol–water partition coefficient (Wildman–Crippen LogP) is 0.878. The molecule has 0 aromatic heterocycles. The number of rotatable bonds is 4. The summed E-state index contributed by atoms with van der Waals surface area (Å²) in [7, 11) is 0. The summed E-state index contributed by atoms with van der Waals surface area (Å²) in [5.74, 6) is -0.290. The third-order valence-electron chi connectivity index (χ3n) is 3.00. The van der Waals surface area contributed by atoms with E-state index >= 15 is 0 Å². The van der Waals surface area contributed by atoms with Gasteiger partial charge in [0.1, 0.15) is 0 Å². The fourth-order valence-corrected chi connectivity index (χ4v) is 2.13. The van der Waals surface area contributed by atoms with Crippen molar-refractivity contribution >= 4 is 11.6 Å². The lowest BCUT2D eigenvalue weighted by Crippen LogP contribution is -2.38. The van der Waals surface area contributed by atoms with E-state index in [4.69, 9.17) is 5.73 Å². The molecule has 4 N–H and O–H groups in total. The second-order valence-corrected chi connectivity index (χ2v) is 4.53. The Morgan fingerprint density at radius 3 is 2.76 bits per heavy atom. The average Bonchev–Trinajstić information content (AvgIpc) is 2.32. The van der Waals surface area contributed by atoms with Crippen LogP contribution in [0.2, 0.25) is 0 Å². The maximum absolute atomic E-state index is 10.8. The molecule has 4 heteroatoms. The SMILES string of the molecule is NC(=O)Cc1ccc(NC2CCCNC2)cc1. The molecule has 0 aliphatic carbocycles. The lowest BCUT2D eigenvalue weighted by atomic mass is 10.1. The highest BCUT2D eigenvalue weighted by Crippen LogP contribution is 2.14. The molecule has 2 rings (SSSR count). The first-order valence-corrected chi connectivity index (χ1v) is 6.08. The molecule has 17 heavy (non-hydrogen) atoms. The summed E-state index contributed by atoms with van der Waals surface area (Å²) in [5.41, 5.74) is 7.22. The van der Waals surface area contributed by atoms with Gasteiger partial charge in [0.2, 0.25) is 5.91 Å². The molecule has 1 amide bonds. The Morgan fingerprint density at radius 2 is 2.18 bits per heavy atom. The second kappa shape index (κ2) is 5.68. The molecule has 1 heterocycles. The van der Waals surface area contributed by atoms with E-state index < -0.39 is 0 Å². The van der Waals surface area contributed by atoms with Crippen LogP contribution >= 0.6 is 0 Å². The molecule has 4 nitrogen and oxygen atoms in total. The van der Waals surface area contributed by atoms with Gasteiger partial charge in [-0.15, -0.1) is 0 Å². The molecule has 1 unspecified atom stereocenters. The van der Waals surface area contributed by atoms with E-state index in [1.165, 1.54) is 12.8 Å². The number of nitrogens with two attached hydrogens (primary N) is 1. The number of hydrogen-bond donors (Lipinski definition) is 3. The number of nitrogens with one attached hydrogen (secondary N) is 2. The van der Waals surface area contributed by atoms with Gasteiger partial charge in [-0.2, -0.15) is 0 Å². The third-order valence-corrected chi connectivity index (χ3v) is 3.00. The monoisotopic (exact) mass is 233 g/mol. The van der Waals surface area contributed by atoms with Crippen molar-refractivity contribution < 1.29 is 4.79 Å². The first kappa shape index (κ1) is 11.9. The summed E-state index contributed by atoms with van der Waals surface area (Å²) in [5, 5.41) is 6.85. The summed E-state index contributed by atoms with van der Waals surface area (Å²) in [6.45, 7) is 2.14. The molecule has 0 saturated carbocycles. The zero-order chi connectivity index (χ0) is 12.1. The van der Waals surface area contributed by atoms with Gasteiger partial charge in [0.05, 0.1) is 6.42 Å². The van der Waals surface area contributed by atoms with Crippen molar-refractivity contribution in [1.82, 2.24) is 5.32 Å². The average molecular weight is 233 g/mol. The number of carbonyl (C=O) groups excluding carboxylic acids is 1. The molecule has 1 aromatic rings. The van der Waals surface area contributed by atoms with E-state index in [1.54, 1.807) is 0 Å². The molecule has 1 saturated heterocycles. The molecule has 1 aliphatic heterocycles. The van der Waals surface area contributed by atoms with Gasteiger partial charge in [-0.3, -0.25) is 4.79 Å². The normalized spacial score (nSPS) is 19.9. The van der Waals surface area contributed by atoms with Gasteiger partial charge in [0.25, 0.3) is 0 Å². The zero-order valence-corrected chi connectivity index (χ0v) is 9.91. The van der Waals surface area contributed by atoms with Crippen LogP contribution in [0.1, 0.15) is 18.4 Å². The molecular formula is C13H19N3O. The number of primary amides is 1. The van der Waals surface area contributed by atoms with E-state index in [-0.39, 0.29) is 5.91 Å². The Bertz CT molecular complexity index is 369. The van der Waals surface area contributed by atoms with Crippen molar-refractivity contribution in [3.05, 3.63) is 29.8 Å². The lowest BCUT2D eigenvalue weighted by Gasteiger charge is -2.24. The van der Waals surface area contributed by atoms with Crippen molar-refractivity contribution in [2.75, 3.05) is 18.4 Å². The summed E-state index contributed by atoms with van der Waals surface area (Å²) in [4.78, 5) is 10.8. The largest absolute Gasteiger partial charge is 0.381 e. The fourth-order valence-electron chi connectivity index (χ4n) is 2.13. The predicted molar refractivity (Wildman–Crippen MR) is 68.9 cm³/mol. The van der Waals surface area contributed by atoms with Crippen molar-refractivity contribution in [3.8, 4) is 0 Å². The number of piperidine rings is 1. The van der Waals surface area contributed by atoms with Gasteiger partial charge < -0.3 is 16.4 Å². The van der Waals surface area contributed by atoms with Crippen molar-refractivity contribution in [1.29, 1.82) is 0 Å². The molecule has 0 spiro atoms. The van der Waals surface area contributed by atoms with Crippen LogP contribution in [0, 0.1) is 0 Å². The van der Waals surface area contributed by atoms with Crippen LogP contribution in [0.25, 0.3) is 0 Å². The lowest BCUT2D eigenvalue weighted by molar-refractivity contribution is -0.117. The highest BCUT2D eigenvalue weighted by Gasteiger charge is 2.11. The zero-order valence-electron chi connectivity index (χ0n) is 9.91.